The number of hydrogen-bond donors (Lipinski definition) is 1. The summed E-state index contributed by atoms with van der Waals surface area (Å²) in [7, 11) is 2.07. The summed E-state index contributed by atoms with van der Waals surface area (Å²) in [6, 6.07) is 0.933. The highest BCUT2D eigenvalue weighted by Crippen LogP contribution is 2.31. The lowest BCUT2D eigenvalue weighted by atomic mass is 9.98. The van der Waals surface area contributed by atoms with E-state index < -0.39 is 0 Å². The van der Waals surface area contributed by atoms with Crippen LogP contribution in [0.25, 0.3) is 0 Å². The Labute approximate surface area is 69.0 Å². The first-order valence-electron chi connectivity index (χ1n) is 4.80. The van der Waals surface area contributed by atoms with Crippen molar-refractivity contribution in [3.8, 4) is 0 Å². The van der Waals surface area contributed by atoms with Gasteiger partial charge in [-0.3, -0.25) is 0 Å². The van der Waals surface area contributed by atoms with Gasteiger partial charge in [0.05, 0.1) is 0 Å². The Morgan fingerprint density at radius 3 is 3.09 bits per heavy atom. The molecule has 2 heterocycles. The first-order valence-corrected chi connectivity index (χ1v) is 4.80. The summed E-state index contributed by atoms with van der Waals surface area (Å²) in [5, 5.41) is 3.30. The lowest BCUT2D eigenvalue weighted by molar-refractivity contribution is 0.288. The third-order valence-electron chi connectivity index (χ3n) is 3.21. The van der Waals surface area contributed by atoms with Crippen molar-refractivity contribution in [1.82, 2.24) is 10.2 Å². The van der Waals surface area contributed by atoms with Gasteiger partial charge in [0, 0.05) is 6.04 Å². The molecule has 2 rings (SSSR count). The average Bonchev–Trinajstić information content (AvgIpc) is 2.53. The number of fused-ring (bicyclic) bond motifs is 1. The van der Waals surface area contributed by atoms with Crippen LogP contribution in [0.5, 0.6) is 0 Å². The number of nitrogens with zero attached hydrogens (tertiary/aromatic N) is 1. The zero-order valence-corrected chi connectivity index (χ0v) is 7.34. The quantitative estimate of drug-likeness (QED) is 0.629. The standard InChI is InChI=1S/C9H18N2/c1-10-7-8-4-6-11-5-2-3-9(8)11/h8-10H,2-7H2,1H3/t8-,9+/m0/s1. The highest BCUT2D eigenvalue weighted by atomic mass is 15.2. The van der Waals surface area contributed by atoms with Crippen LogP contribution in [0, 0.1) is 5.92 Å². The van der Waals surface area contributed by atoms with E-state index in [0.29, 0.717) is 0 Å². The van der Waals surface area contributed by atoms with Crippen LogP contribution in [0.1, 0.15) is 19.3 Å². The van der Waals surface area contributed by atoms with Crippen LogP contribution < -0.4 is 5.32 Å². The number of nitrogens with one attached hydrogen (secondary N) is 1. The van der Waals surface area contributed by atoms with Crippen LogP contribution in [0.4, 0.5) is 0 Å². The van der Waals surface area contributed by atoms with E-state index >= 15 is 0 Å². The maximum absolute atomic E-state index is 3.30. The van der Waals surface area contributed by atoms with E-state index in [9.17, 15) is 0 Å². The molecule has 0 aromatic rings. The first kappa shape index (κ1) is 7.56. The fourth-order valence-corrected chi connectivity index (χ4v) is 2.69. The van der Waals surface area contributed by atoms with Gasteiger partial charge in [0.15, 0.2) is 0 Å². The molecular weight excluding hydrogens is 136 g/mol. The van der Waals surface area contributed by atoms with Crippen LogP contribution in [-0.2, 0) is 0 Å². The Morgan fingerprint density at radius 1 is 1.36 bits per heavy atom. The normalized spacial score (nSPS) is 37.9. The summed E-state index contributed by atoms with van der Waals surface area (Å²) in [6.07, 6.45) is 4.31. The summed E-state index contributed by atoms with van der Waals surface area (Å²) in [5.74, 6) is 0.947. The predicted octanol–water partition coefficient (Wildman–Crippen LogP) is 0.690. The van der Waals surface area contributed by atoms with Gasteiger partial charge in [-0.05, 0) is 51.9 Å². The SMILES string of the molecule is CNC[C@@H]1CCN2CCC[C@H]12. The maximum atomic E-state index is 3.30. The fraction of sp³-hybridized carbons (Fsp3) is 1.00. The van der Waals surface area contributed by atoms with E-state index in [1.165, 1.54) is 38.9 Å². The Bertz CT molecular complexity index is 134. The summed E-state index contributed by atoms with van der Waals surface area (Å²) < 4.78 is 0. The largest absolute Gasteiger partial charge is 0.319 e. The van der Waals surface area contributed by atoms with Crippen molar-refractivity contribution < 1.29 is 0 Å². The van der Waals surface area contributed by atoms with Crippen molar-refractivity contribution in [2.75, 3.05) is 26.7 Å². The Hall–Kier alpha value is -0.0800. The molecule has 0 aromatic carbocycles. The van der Waals surface area contributed by atoms with Gasteiger partial charge in [-0.2, -0.15) is 0 Å². The Kier molecular flexibility index (Phi) is 2.14. The third-order valence-corrected chi connectivity index (χ3v) is 3.21. The van der Waals surface area contributed by atoms with Crippen LogP contribution in [0.15, 0.2) is 0 Å². The second-order valence-corrected chi connectivity index (χ2v) is 3.85. The Morgan fingerprint density at radius 2 is 2.27 bits per heavy atom. The molecule has 0 radical (unpaired) electrons. The van der Waals surface area contributed by atoms with Crippen molar-refractivity contribution in [3.05, 3.63) is 0 Å². The van der Waals surface area contributed by atoms with Crippen LogP contribution in [-0.4, -0.2) is 37.6 Å². The highest BCUT2D eigenvalue weighted by molar-refractivity contribution is 4.91. The van der Waals surface area contributed by atoms with Crippen LogP contribution in [0.3, 0.4) is 0 Å². The molecule has 2 atom stereocenters. The molecule has 0 unspecified atom stereocenters. The average molecular weight is 154 g/mol. The molecule has 0 amide bonds. The first-order chi connectivity index (χ1) is 5.42. The molecule has 2 fully saturated rings. The molecule has 64 valence electrons. The van der Waals surface area contributed by atoms with Gasteiger partial charge in [0.25, 0.3) is 0 Å². The van der Waals surface area contributed by atoms with E-state index in [2.05, 4.69) is 17.3 Å². The van der Waals surface area contributed by atoms with E-state index in [-0.39, 0.29) is 0 Å². The predicted molar refractivity (Wildman–Crippen MR) is 46.6 cm³/mol. The summed E-state index contributed by atoms with van der Waals surface area (Å²) in [6.45, 7) is 3.95. The molecule has 0 bridgehead atoms. The van der Waals surface area contributed by atoms with Crippen molar-refractivity contribution >= 4 is 0 Å². The molecule has 2 nitrogen and oxygen atoms in total. The van der Waals surface area contributed by atoms with Gasteiger partial charge in [0.1, 0.15) is 0 Å². The minimum atomic E-state index is 0.933. The van der Waals surface area contributed by atoms with E-state index in [1.807, 2.05) is 0 Å². The van der Waals surface area contributed by atoms with Gasteiger partial charge < -0.3 is 10.2 Å². The van der Waals surface area contributed by atoms with Crippen molar-refractivity contribution in [3.63, 3.8) is 0 Å². The minimum Gasteiger partial charge on any atom is -0.319 e. The molecule has 0 saturated carbocycles. The second-order valence-electron chi connectivity index (χ2n) is 3.85. The van der Waals surface area contributed by atoms with Crippen molar-refractivity contribution in [1.29, 1.82) is 0 Å². The molecule has 2 aliphatic rings. The molecule has 0 aliphatic carbocycles. The number of rotatable bonds is 2. The van der Waals surface area contributed by atoms with Gasteiger partial charge in [-0.1, -0.05) is 0 Å². The molecule has 11 heavy (non-hydrogen) atoms. The summed E-state index contributed by atoms with van der Waals surface area (Å²) in [5.41, 5.74) is 0. The smallest absolute Gasteiger partial charge is 0.0137 e. The Balaban J connectivity index is 1.92. The highest BCUT2D eigenvalue weighted by Gasteiger charge is 2.36. The number of hydrogen-bond acceptors (Lipinski definition) is 2. The lowest BCUT2D eigenvalue weighted by Gasteiger charge is -2.19. The summed E-state index contributed by atoms with van der Waals surface area (Å²) in [4.78, 5) is 2.67. The lowest BCUT2D eigenvalue weighted by Crippen LogP contribution is -2.30. The van der Waals surface area contributed by atoms with Gasteiger partial charge in [-0.25, -0.2) is 0 Å². The van der Waals surface area contributed by atoms with Crippen LogP contribution >= 0.6 is 0 Å². The van der Waals surface area contributed by atoms with Gasteiger partial charge in [0.2, 0.25) is 0 Å². The molecule has 1 N–H and O–H groups in total. The zero-order chi connectivity index (χ0) is 7.68. The molecule has 0 aromatic heterocycles. The molecule has 0 spiro atoms. The molecular formula is C9H18N2. The topological polar surface area (TPSA) is 15.3 Å². The third kappa shape index (κ3) is 1.30. The maximum Gasteiger partial charge on any atom is 0.0137 e. The van der Waals surface area contributed by atoms with Crippen molar-refractivity contribution in [2.24, 2.45) is 5.92 Å². The van der Waals surface area contributed by atoms with Gasteiger partial charge in [-0.15, -0.1) is 0 Å². The minimum absolute atomic E-state index is 0.933. The second kappa shape index (κ2) is 3.11. The fourth-order valence-electron chi connectivity index (χ4n) is 2.69. The van der Waals surface area contributed by atoms with Gasteiger partial charge >= 0.3 is 0 Å². The van der Waals surface area contributed by atoms with E-state index in [0.717, 1.165) is 12.0 Å². The summed E-state index contributed by atoms with van der Waals surface area (Å²) >= 11 is 0. The molecule has 2 aliphatic heterocycles. The molecule has 2 saturated heterocycles. The van der Waals surface area contributed by atoms with Crippen LogP contribution in [0.2, 0.25) is 0 Å². The van der Waals surface area contributed by atoms with E-state index in [4.69, 9.17) is 0 Å². The monoisotopic (exact) mass is 154 g/mol. The van der Waals surface area contributed by atoms with E-state index in [1.54, 1.807) is 0 Å². The van der Waals surface area contributed by atoms with Crippen molar-refractivity contribution in [2.45, 2.75) is 25.3 Å². The molecule has 2 heteroatoms. The zero-order valence-electron chi connectivity index (χ0n) is 7.34.